The number of hydrogen-bond acceptors (Lipinski definition) is 2. The zero-order valence-corrected chi connectivity index (χ0v) is 12.2. The van der Waals surface area contributed by atoms with Crippen LogP contribution >= 0.6 is 12.2 Å². The Bertz CT molecular complexity index is 796. The molecular weight excluding hydrogens is 266 g/mol. The minimum Gasteiger partial charge on any atom is -0.355 e. The van der Waals surface area contributed by atoms with Crippen molar-refractivity contribution in [1.29, 1.82) is 0 Å². The first-order valence-electron chi connectivity index (χ1n) is 6.41. The second-order valence-electron chi connectivity index (χ2n) is 4.91. The molecule has 2 aromatic carbocycles. The SMILES string of the molecule is CN(C)C(=S)Nc1ccc2cc3ccccc3nc2c1. The van der Waals surface area contributed by atoms with Crippen molar-refractivity contribution in [2.45, 2.75) is 0 Å². The topological polar surface area (TPSA) is 28.2 Å². The van der Waals surface area contributed by atoms with E-state index in [2.05, 4.69) is 23.5 Å². The van der Waals surface area contributed by atoms with Crippen molar-refractivity contribution < 1.29 is 0 Å². The highest BCUT2D eigenvalue weighted by Gasteiger charge is 2.03. The molecule has 3 nitrogen and oxygen atoms in total. The van der Waals surface area contributed by atoms with Gasteiger partial charge < -0.3 is 10.2 Å². The van der Waals surface area contributed by atoms with Gasteiger partial charge in [-0.15, -0.1) is 0 Å². The van der Waals surface area contributed by atoms with Gasteiger partial charge in [-0.25, -0.2) is 4.98 Å². The number of thiocarbonyl (C=S) groups is 1. The van der Waals surface area contributed by atoms with Gasteiger partial charge in [-0.3, -0.25) is 0 Å². The number of nitrogens with one attached hydrogen (secondary N) is 1. The zero-order valence-electron chi connectivity index (χ0n) is 11.4. The lowest BCUT2D eigenvalue weighted by Crippen LogP contribution is -2.26. The molecular formula is C16H15N3S. The summed E-state index contributed by atoms with van der Waals surface area (Å²) in [6, 6.07) is 16.4. The Kier molecular flexibility index (Phi) is 3.24. The molecule has 0 bridgehead atoms. The Labute approximate surface area is 123 Å². The minimum absolute atomic E-state index is 0.685. The lowest BCUT2D eigenvalue weighted by atomic mass is 10.1. The molecule has 0 unspecified atom stereocenters. The van der Waals surface area contributed by atoms with Gasteiger partial charge >= 0.3 is 0 Å². The number of aromatic nitrogens is 1. The van der Waals surface area contributed by atoms with E-state index in [0.717, 1.165) is 27.5 Å². The van der Waals surface area contributed by atoms with Gasteiger partial charge in [0, 0.05) is 30.6 Å². The Morgan fingerprint density at radius 2 is 1.75 bits per heavy atom. The maximum Gasteiger partial charge on any atom is 0.172 e. The second kappa shape index (κ2) is 5.06. The number of rotatable bonds is 1. The molecule has 1 heterocycles. The average Bonchev–Trinajstić information content (AvgIpc) is 2.45. The number of hydrogen-bond donors (Lipinski definition) is 1. The first kappa shape index (κ1) is 12.8. The summed E-state index contributed by atoms with van der Waals surface area (Å²) in [5.74, 6) is 0. The third-order valence-electron chi connectivity index (χ3n) is 3.18. The molecule has 4 heteroatoms. The van der Waals surface area contributed by atoms with Crippen molar-refractivity contribution in [1.82, 2.24) is 9.88 Å². The highest BCUT2D eigenvalue weighted by Crippen LogP contribution is 2.22. The lowest BCUT2D eigenvalue weighted by Gasteiger charge is -2.15. The molecule has 1 N–H and O–H groups in total. The molecule has 0 atom stereocenters. The van der Waals surface area contributed by atoms with Crippen molar-refractivity contribution in [3.8, 4) is 0 Å². The van der Waals surface area contributed by atoms with Crippen LogP contribution in [0, 0.1) is 0 Å². The largest absolute Gasteiger partial charge is 0.355 e. The van der Waals surface area contributed by atoms with Gasteiger partial charge in [0.25, 0.3) is 0 Å². The highest BCUT2D eigenvalue weighted by molar-refractivity contribution is 7.80. The summed E-state index contributed by atoms with van der Waals surface area (Å²) in [6.07, 6.45) is 0. The van der Waals surface area contributed by atoms with E-state index in [4.69, 9.17) is 17.2 Å². The van der Waals surface area contributed by atoms with E-state index in [9.17, 15) is 0 Å². The number of benzene rings is 2. The van der Waals surface area contributed by atoms with Gasteiger partial charge in [0.15, 0.2) is 5.11 Å². The van der Waals surface area contributed by atoms with E-state index in [-0.39, 0.29) is 0 Å². The van der Waals surface area contributed by atoms with Crippen LogP contribution in [-0.4, -0.2) is 29.1 Å². The van der Waals surface area contributed by atoms with Crippen molar-refractivity contribution in [3.05, 3.63) is 48.5 Å². The molecule has 3 aromatic rings. The van der Waals surface area contributed by atoms with Crippen LogP contribution in [0.3, 0.4) is 0 Å². The molecule has 100 valence electrons. The van der Waals surface area contributed by atoms with Crippen molar-refractivity contribution in [2.24, 2.45) is 0 Å². The summed E-state index contributed by atoms with van der Waals surface area (Å²) in [5, 5.41) is 6.17. The first-order valence-corrected chi connectivity index (χ1v) is 6.82. The molecule has 0 amide bonds. The quantitative estimate of drug-likeness (QED) is 0.544. The lowest BCUT2D eigenvalue weighted by molar-refractivity contribution is 0.634. The van der Waals surface area contributed by atoms with E-state index in [0.29, 0.717) is 5.11 Å². The number of anilines is 1. The normalized spacial score (nSPS) is 10.7. The van der Waals surface area contributed by atoms with Gasteiger partial charge in [0.2, 0.25) is 0 Å². The van der Waals surface area contributed by atoms with E-state index in [1.54, 1.807) is 0 Å². The molecule has 0 aliphatic carbocycles. The van der Waals surface area contributed by atoms with E-state index < -0.39 is 0 Å². The van der Waals surface area contributed by atoms with Crippen molar-refractivity contribution in [2.75, 3.05) is 19.4 Å². The molecule has 0 spiro atoms. The summed E-state index contributed by atoms with van der Waals surface area (Å²) < 4.78 is 0. The van der Waals surface area contributed by atoms with Gasteiger partial charge in [0.05, 0.1) is 11.0 Å². The number of nitrogens with zero attached hydrogens (tertiary/aromatic N) is 2. The number of pyridine rings is 1. The maximum atomic E-state index is 5.25. The Morgan fingerprint density at radius 1 is 1.00 bits per heavy atom. The van der Waals surface area contributed by atoms with Gasteiger partial charge in [-0.1, -0.05) is 24.3 Å². The first-order chi connectivity index (χ1) is 9.63. The van der Waals surface area contributed by atoms with Crippen LogP contribution in [0.2, 0.25) is 0 Å². The van der Waals surface area contributed by atoms with Crippen molar-refractivity contribution in [3.63, 3.8) is 0 Å². The van der Waals surface area contributed by atoms with Crippen LogP contribution in [0.4, 0.5) is 5.69 Å². The maximum absolute atomic E-state index is 5.25. The number of para-hydroxylation sites is 1. The van der Waals surface area contributed by atoms with Crippen LogP contribution in [0.1, 0.15) is 0 Å². The number of fused-ring (bicyclic) bond motifs is 2. The highest BCUT2D eigenvalue weighted by atomic mass is 32.1. The summed E-state index contributed by atoms with van der Waals surface area (Å²) >= 11 is 5.25. The van der Waals surface area contributed by atoms with Crippen molar-refractivity contribution >= 4 is 44.8 Å². The van der Waals surface area contributed by atoms with Gasteiger partial charge in [-0.2, -0.15) is 0 Å². The predicted octanol–water partition coefficient (Wildman–Crippen LogP) is 3.65. The van der Waals surface area contributed by atoms with Crippen LogP contribution in [0.15, 0.2) is 48.5 Å². The molecule has 0 radical (unpaired) electrons. The molecule has 0 aliphatic heterocycles. The summed E-state index contributed by atoms with van der Waals surface area (Å²) in [6.45, 7) is 0. The fraction of sp³-hybridized carbons (Fsp3) is 0.125. The predicted molar refractivity (Wildman–Crippen MR) is 89.2 cm³/mol. The minimum atomic E-state index is 0.685. The fourth-order valence-corrected chi connectivity index (χ4v) is 2.20. The third kappa shape index (κ3) is 2.42. The molecule has 0 saturated carbocycles. The fourth-order valence-electron chi connectivity index (χ4n) is 2.08. The molecule has 1 aromatic heterocycles. The Balaban J connectivity index is 2.06. The second-order valence-corrected chi connectivity index (χ2v) is 5.30. The smallest absolute Gasteiger partial charge is 0.172 e. The van der Waals surface area contributed by atoms with Crippen LogP contribution in [0.25, 0.3) is 21.8 Å². The summed E-state index contributed by atoms with van der Waals surface area (Å²) in [5.41, 5.74) is 2.93. The zero-order chi connectivity index (χ0) is 14.1. The molecule has 0 saturated heterocycles. The van der Waals surface area contributed by atoms with Gasteiger partial charge in [0.1, 0.15) is 0 Å². The van der Waals surface area contributed by atoms with E-state index in [1.807, 2.05) is 49.3 Å². The van der Waals surface area contributed by atoms with Crippen LogP contribution in [-0.2, 0) is 0 Å². The Hall–Kier alpha value is -2.20. The molecule has 0 fully saturated rings. The molecule has 0 aliphatic rings. The average molecular weight is 281 g/mol. The van der Waals surface area contributed by atoms with Gasteiger partial charge in [-0.05, 0) is 36.5 Å². The third-order valence-corrected chi connectivity index (χ3v) is 3.64. The monoisotopic (exact) mass is 281 g/mol. The van der Waals surface area contributed by atoms with Crippen LogP contribution in [0.5, 0.6) is 0 Å². The van der Waals surface area contributed by atoms with E-state index in [1.165, 1.54) is 0 Å². The Morgan fingerprint density at radius 3 is 2.55 bits per heavy atom. The standard InChI is InChI=1S/C16H15N3S/c1-19(2)16(20)17-13-8-7-12-9-11-5-3-4-6-14(11)18-15(12)10-13/h3-10H,1-2H3,(H,17,20). The molecule has 20 heavy (non-hydrogen) atoms. The summed E-state index contributed by atoms with van der Waals surface area (Å²) in [7, 11) is 3.84. The summed E-state index contributed by atoms with van der Waals surface area (Å²) in [4.78, 5) is 6.56. The van der Waals surface area contributed by atoms with E-state index >= 15 is 0 Å². The molecule has 3 rings (SSSR count). The van der Waals surface area contributed by atoms with Crippen LogP contribution < -0.4 is 5.32 Å².